The number of aliphatic imine (C=N–C) groups is 1. The van der Waals surface area contributed by atoms with Crippen LogP contribution in [0, 0.1) is 0 Å². The lowest BCUT2D eigenvalue weighted by molar-refractivity contribution is -0.883. The van der Waals surface area contributed by atoms with Gasteiger partial charge in [0.05, 0.1) is 52.4 Å². The summed E-state index contributed by atoms with van der Waals surface area (Å²) in [6.07, 6.45) is 1.85. The molecule has 2 aliphatic rings. The number of quaternary nitrogens is 1. The molecule has 1 N–H and O–H groups in total. The minimum atomic E-state index is -0.170. The predicted octanol–water partition coefficient (Wildman–Crippen LogP) is 0.504. The number of methoxy groups -OCH3 is 2. The summed E-state index contributed by atoms with van der Waals surface area (Å²) in [5, 5.41) is 0.819. The highest BCUT2D eigenvalue weighted by Gasteiger charge is 2.28. The third-order valence-corrected chi connectivity index (χ3v) is 5.25. The van der Waals surface area contributed by atoms with Crippen LogP contribution in [-0.4, -0.2) is 63.4 Å². The maximum absolute atomic E-state index is 12.2. The molecule has 0 atom stereocenters. The van der Waals surface area contributed by atoms with Crippen molar-refractivity contribution in [2.24, 2.45) is 4.99 Å². The van der Waals surface area contributed by atoms with Crippen molar-refractivity contribution in [2.75, 3.05) is 47.4 Å². The Morgan fingerprint density at radius 2 is 1.92 bits per heavy atom. The summed E-state index contributed by atoms with van der Waals surface area (Å²) in [5.74, 6) is 1.14. The molecule has 1 fully saturated rings. The molecular formula is C17H22N3O3S+. The Hall–Kier alpha value is -1.99. The van der Waals surface area contributed by atoms with Crippen molar-refractivity contribution in [3.05, 3.63) is 28.7 Å². The van der Waals surface area contributed by atoms with Gasteiger partial charge in [-0.3, -0.25) is 4.79 Å². The third-order valence-electron chi connectivity index (χ3n) is 4.20. The van der Waals surface area contributed by atoms with E-state index in [0.717, 1.165) is 36.9 Å². The summed E-state index contributed by atoms with van der Waals surface area (Å²) in [6.45, 7) is 4.02. The van der Waals surface area contributed by atoms with Crippen molar-refractivity contribution in [2.45, 2.75) is 0 Å². The van der Waals surface area contributed by atoms with Crippen LogP contribution in [0.3, 0.4) is 0 Å². The average molecular weight is 348 g/mol. The molecule has 0 radical (unpaired) electrons. The highest BCUT2D eigenvalue weighted by molar-refractivity contribution is 8.18. The number of likely N-dealkylation sites (N-methyl/N-ethyl adjacent to an activating group) is 1. The number of nitrogens with one attached hydrogen (secondary N) is 1. The zero-order chi connectivity index (χ0) is 17.1. The second-order valence-corrected chi connectivity index (χ2v) is 6.88. The van der Waals surface area contributed by atoms with E-state index in [2.05, 4.69) is 16.9 Å². The van der Waals surface area contributed by atoms with Gasteiger partial charge >= 0.3 is 0 Å². The van der Waals surface area contributed by atoms with Crippen LogP contribution in [0.1, 0.15) is 5.56 Å². The maximum Gasteiger partial charge on any atom is 0.286 e. The van der Waals surface area contributed by atoms with Crippen molar-refractivity contribution in [3.63, 3.8) is 0 Å². The first-order chi connectivity index (χ1) is 11.6. The molecule has 1 aromatic rings. The number of amidine groups is 1. The van der Waals surface area contributed by atoms with Crippen LogP contribution in [0.2, 0.25) is 0 Å². The standard InChI is InChI=1S/C17H21N3O3S/c1-19-6-8-20(9-7-19)17-18-16(21)15(24-17)11-12-4-5-13(22-2)14(10-12)23-3/h4-5,10-11H,6-9H2,1-3H3/p+1. The number of carbonyl (C=O) groups is 1. The van der Waals surface area contributed by atoms with Gasteiger partial charge in [0.2, 0.25) is 0 Å². The van der Waals surface area contributed by atoms with Gasteiger partial charge in [-0.2, -0.15) is 4.99 Å². The van der Waals surface area contributed by atoms with Crippen LogP contribution >= 0.6 is 11.8 Å². The van der Waals surface area contributed by atoms with Gasteiger partial charge in [0, 0.05) is 0 Å². The highest BCUT2D eigenvalue weighted by atomic mass is 32.2. The molecular weight excluding hydrogens is 326 g/mol. The number of ether oxygens (including phenoxy) is 2. The van der Waals surface area contributed by atoms with Gasteiger partial charge in [0.25, 0.3) is 5.91 Å². The largest absolute Gasteiger partial charge is 0.493 e. The van der Waals surface area contributed by atoms with Crippen molar-refractivity contribution in [3.8, 4) is 11.5 Å². The predicted molar refractivity (Wildman–Crippen MR) is 95.7 cm³/mol. The van der Waals surface area contributed by atoms with Crippen LogP contribution < -0.4 is 14.4 Å². The minimum absolute atomic E-state index is 0.170. The van der Waals surface area contributed by atoms with E-state index in [1.165, 1.54) is 16.7 Å². The Balaban J connectivity index is 1.74. The minimum Gasteiger partial charge on any atom is -0.493 e. The van der Waals surface area contributed by atoms with Crippen molar-refractivity contribution in [1.82, 2.24) is 4.90 Å². The summed E-state index contributed by atoms with van der Waals surface area (Å²) in [6, 6.07) is 5.59. The van der Waals surface area contributed by atoms with Gasteiger partial charge in [-0.1, -0.05) is 6.07 Å². The number of rotatable bonds is 3. The first-order valence-corrected chi connectivity index (χ1v) is 8.73. The molecule has 3 rings (SSSR count). The zero-order valence-corrected chi connectivity index (χ0v) is 15.0. The normalized spacial score (nSPS) is 20.5. The van der Waals surface area contributed by atoms with Crippen LogP contribution in [0.4, 0.5) is 0 Å². The second kappa shape index (κ2) is 7.27. The van der Waals surface area contributed by atoms with Crippen LogP contribution in [0.5, 0.6) is 11.5 Å². The molecule has 0 aromatic heterocycles. The molecule has 7 heteroatoms. The summed E-state index contributed by atoms with van der Waals surface area (Å²) in [4.78, 5) is 20.8. The van der Waals surface area contributed by atoms with Gasteiger partial charge in [-0.15, -0.1) is 0 Å². The Labute approximate surface area is 146 Å². The highest BCUT2D eigenvalue weighted by Crippen LogP contribution is 2.33. The molecule has 24 heavy (non-hydrogen) atoms. The van der Waals surface area contributed by atoms with Crippen molar-refractivity contribution >= 4 is 28.9 Å². The molecule has 2 aliphatic heterocycles. The molecule has 0 unspecified atom stereocenters. The number of thioether (sulfide) groups is 1. The van der Waals surface area contributed by atoms with E-state index in [0.29, 0.717) is 16.4 Å². The average Bonchev–Trinajstić information content (AvgIpc) is 2.96. The Kier molecular flexibility index (Phi) is 5.11. The number of piperazine rings is 1. The lowest BCUT2D eigenvalue weighted by Gasteiger charge is -2.30. The van der Waals surface area contributed by atoms with E-state index in [9.17, 15) is 4.79 Å². The zero-order valence-electron chi connectivity index (χ0n) is 14.2. The topological polar surface area (TPSA) is 55.6 Å². The van der Waals surface area contributed by atoms with E-state index in [4.69, 9.17) is 9.47 Å². The SMILES string of the molecule is COc1ccc(C=C2SC(N3CC[NH+](C)CC3)=NC2=O)cc1OC. The van der Waals surface area contributed by atoms with Gasteiger partial charge < -0.3 is 19.3 Å². The second-order valence-electron chi connectivity index (χ2n) is 5.87. The number of hydrogen-bond donors (Lipinski definition) is 1. The first-order valence-electron chi connectivity index (χ1n) is 7.91. The molecule has 1 aromatic carbocycles. The summed E-state index contributed by atoms with van der Waals surface area (Å²) in [7, 11) is 5.39. The van der Waals surface area contributed by atoms with Gasteiger partial charge in [0.1, 0.15) is 0 Å². The summed E-state index contributed by atoms with van der Waals surface area (Å²) >= 11 is 1.45. The molecule has 0 bridgehead atoms. The van der Waals surface area contributed by atoms with Crippen molar-refractivity contribution < 1.29 is 19.2 Å². The fraction of sp³-hybridized carbons (Fsp3) is 0.412. The Morgan fingerprint density at radius 3 is 2.58 bits per heavy atom. The fourth-order valence-corrected chi connectivity index (χ4v) is 3.67. The molecule has 0 aliphatic carbocycles. The number of carbonyl (C=O) groups excluding carboxylic acids is 1. The van der Waals surface area contributed by atoms with Gasteiger partial charge in [-0.05, 0) is 35.5 Å². The van der Waals surface area contributed by atoms with E-state index >= 15 is 0 Å². The fourth-order valence-electron chi connectivity index (χ4n) is 2.71. The van der Waals surface area contributed by atoms with Gasteiger partial charge in [0.15, 0.2) is 16.7 Å². The molecule has 128 valence electrons. The van der Waals surface area contributed by atoms with E-state index in [1.807, 2.05) is 24.3 Å². The molecule has 0 spiro atoms. The van der Waals surface area contributed by atoms with E-state index in [1.54, 1.807) is 14.2 Å². The molecule has 1 amide bonds. The number of nitrogens with zero attached hydrogens (tertiary/aromatic N) is 2. The third kappa shape index (κ3) is 3.57. The number of amides is 1. The molecule has 0 saturated carbocycles. The summed E-state index contributed by atoms with van der Waals surface area (Å²) < 4.78 is 10.5. The van der Waals surface area contributed by atoms with Crippen LogP contribution in [0.15, 0.2) is 28.1 Å². The van der Waals surface area contributed by atoms with Crippen LogP contribution in [0.25, 0.3) is 6.08 Å². The molecule has 2 heterocycles. The monoisotopic (exact) mass is 348 g/mol. The quantitative estimate of drug-likeness (QED) is 0.807. The smallest absolute Gasteiger partial charge is 0.286 e. The lowest BCUT2D eigenvalue weighted by atomic mass is 10.2. The van der Waals surface area contributed by atoms with Crippen molar-refractivity contribution in [1.29, 1.82) is 0 Å². The molecule has 1 saturated heterocycles. The van der Waals surface area contributed by atoms with Gasteiger partial charge in [-0.25, -0.2) is 0 Å². The lowest BCUT2D eigenvalue weighted by Crippen LogP contribution is -3.12. The Bertz CT molecular complexity index is 694. The number of benzene rings is 1. The molecule has 6 nitrogen and oxygen atoms in total. The van der Waals surface area contributed by atoms with Crippen LogP contribution in [-0.2, 0) is 4.79 Å². The van der Waals surface area contributed by atoms with E-state index < -0.39 is 0 Å². The number of hydrogen-bond acceptors (Lipinski definition) is 5. The first kappa shape index (κ1) is 16.9. The Morgan fingerprint density at radius 1 is 1.21 bits per heavy atom. The summed E-state index contributed by atoms with van der Waals surface area (Å²) in [5.41, 5.74) is 0.891. The maximum atomic E-state index is 12.2. The van der Waals surface area contributed by atoms with E-state index in [-0.39, 0.29) is 5.91 Å².